The molecule has 0 unspecified atom stereocenters. The lowest BCUT2D eigenvalue weighted by Crippen LogP contribution is -2.10. The maximum absolute atomic E-state index is 12.6. The maximum Gasteiger partial charge on any atom is 0.0801 e. The summed E-state index contributed by atoms with van der Waals surface area (Å²) >= 11 is 0. The van der Waals surface area contributed by atoms with Crippen molar-refractivity contribution >= 4 is 16.4 Å². The van der Waals surface area contributed by atoms with Crippen LogP contribution in [0.4, 0.5) is 0 Å². The van der Waals surface area contributed by atoms with Crippen molar-refractivity contribution in [3.8, 4) is 0 Å². The second kappa shape index (κ2) is 8.80. The molecule has 3 heteroatoms. The van der Waals surface area contributed by atoms with E-state index in [0.29, 0.717) is 6.42 Å². The number of aryl methyl sites for hydroxylation is 1. The molecule has 2 aromatic carbocycles. The molecular formula is C20H24O2S. The Morgan fingerprint density at radius 2 is 1.78 bits per heavy atom. The average molecular weight is 328 g/mol. The third kappa shape index (κ3) is 5.15. The van der Waals surface area contributed by atoms with Gasteiger partial charge < -0.3 is 5.11 Å². The molecule has 0 aromatic heterocycles. The van der Waals surface area contributed by atoms with Gasteiger partial charge in [0.2, 0.25) is 0 Å². The average Bonchev–Trinajstić information content (AvgIpc) is 2.58. The third-order valence-corrected chi connectivity index (χ3v) is 4.99. The van der Waals surface area contributed by atoms with Gasteiger partial charge in [-0.25, -0.2) is 4.21 Å². The first-order valence-electron chi connectivity index (χ1n) is 8.04. The summed E-state index contributed by atoms with van der Waals surface area (Å²) in [5, 5.41) is 12.2. The molecule has 0 bridgehead atoms. The van der Waals surface area contributed by atoms with Gasteiger partial charge in [-0.05, 0) is 36.6 Å². The molecule has 0 radical (unpaired) electrons. The van der Waals surface area contributed by atoms with Crippen LogP contribution in [0.25, 0.3) is 5.57 Å². The van der Waals surface area contributed by atoms with Crippen LogP contribution in [0.5, 0.6) is 0 Å². The summed E-state index contributed by atoms with van der Waals surface area (Å²) < 4.78 is 12.6. The molecule has 0 aliphatic carbocycles. The number of aliphatic hydroxyl groups excluding tert-OH is 1. The van der Waals surface area contributed by atoms with Crippen molar-refractivity contribution in [1.82, 2.24) is 0 Å². The minimum atomic E-state index is -1.27. The van der Waals surface area contributed by atoms with Crippen LogP contribution in [0, 0.1) is 6.92 Å². The van der Waals surface area contributed by atoms with Crippen molar-refractivity contribution in [3.05, 3.63) is 71.1 Å². The molecular weight excluding hydrogens is 304 g/mol. The van der Waals surface area contributed by atoms with Gasteiger partial charge in [-0.1, -0.05) is 67.8 Å². The van der Waals surface area contributed by atoms with E-state index < -0.39 is 16.9 Å². The molecule has 0 saturated heterocycles. The van der Waals surface area contributed by atoms with E-state index >= 15 is 0 Å². The van der Waals surface area contributed by atoms with Crippen LogP contribution < -0.4 is 0 Å². The van der Waals surface area contributed by atoms with Gasteiger partial charge in [-0.2, -0.15) is 0 Å². The Morgan fingerprint density at radius 3 is 2.39 bits per heavy atom. The van der Waals surface area contributed by atoms with E-state index in [1.54, 1.807) is 5.41 Å². The highest BCUT2D eigenvalue weighted by molar-refractivity contribution is 7.88. The number of aliphatic hydroxyl groups is 1. The van der Waals surface area contributed by atoms with Crippen LogP contribution in [0.3, 0.4) is 0 Å². The minimum Gasteiger partial charge on any atom is -0.388 e. The summed E-state index contributed by atoms with van der Waals surface area (Å²) in [6.07, 6.45) is 2.07. The molecule has 0 aliphatic heterocycles. The monoisotopic (exact) mass is 328 g/mol. The fourth-order valence-corrected chi connectivity index (χ4v) is 3.44. The van der Waals surface area contributed by atoms with Crippen LogP contribution in [-0.2, 0) is 10.8 Å². The van der Waals surface area contributed by atoms with Gasteiger partial charge >= 0.3 is 0 Å². The Kier molecular flexibility index (Phi) is 6.75. The van der Waals surface area contributed by atoms with Crippen LogP contribution in [-0.4, -0.2) is 15.4 Å². The van der Waals surface area contributed by atoms with E-state index in [4.69, 9.17) is 0 Å². The molecule has 0 heterocycles. The number of unbranched alkanes of at least 4 members (excludes halogenated alkanes) is 1. The Bertz CT molecular complexity index is 660. The predicted molar refractivity (Wildman–Crippen MR) is 97.5 cm³/mol. The van der Waals surface area contributed by atoms with Crippen LogP contribution in [0.2, 0.25) is 0 Å². The molecule has 0 amide bonds. The zero-order valence-electron chi connectivity index (χ0n) is 13.7. The highest BCUT2D eigenvalue weighted by Crippen LogP contribution is 2.24. The first-order chi connectivity index (χ1) is 11.1. The second-order valence-electron chi connectivity index (χ2n) is 5.71. The normalized spacial score (nSPS) is 14.5. The first-order valence-corrected chi connectivity index (χ1v) is 9.25. The number of rotatable bonds is 7. The predicted octanol–water partition coefficient (Wildman–Crippen LogP) is 4.69. The third-order valence-electron chi connectivity index (χ3n) is 3.78. The van der Waals surface area contributed by atoms with Gasteiger partial charge in [-0.3, -0.25) is 0 Å². The van der Waals surface area contributed by atoms with Crippen LogP contribution in [0.15, 0.2) is 64.9 Å². The lowest BCUT2D eigenvalue weighted by atomic mass is 9.98. The lowest BCUT2D eigenvalue weighted by Gasteiger charge is -2.15. The van der Waals surface area contributed by atoms with E-state index in [9.17, 15) is 9.32 Å². The number of benzene rings is 2. The second-order valence-corrected chi connectivity index (χ2v) is 7.01. The first kappa shape index (κ1) is 17.6. The fourth-order valence-electron chi connectivity index (χ4n) is 2.38. The molecule has 122 valence electrons. The van der Waals surface area contributed by atoms with E-state index in [1.807, 2.05) is 61.5 Å². The highest BCUT2D eigenvalue weighted by atomic mass is 32.2. The van der Waals surface area contributed by atoms with E-state index in [-0.39, 0.29) is 0 Å². The number of hydrogen-bond acceptors (Lipinski definition) is 2. The summed E-state index contributed by atoms with van der Waals surface area (Å²) in [6, 6.07) is 17.4. The highest BCUT2D eigenvalue weighted by Gasteiger charge is 2.14. The Labute approximate surface area is 141 Å². The zero-order chi connectivity index (χ0) is 16.7. The maximum atomic E-state index is 12.6. The van der Waals surface area contributed by atoms with Crippen molar-refractivity contribution in [3.63, 3.8) is 0 Å². The molecule has 23 heavy (non-hydrogen) atoms. The summed E-state index contributed by atoms with van der Waals surface area (Å²) in [4.78, 5) is 0.756. The molecule has 2 nitrogen and oxygen atoms in total. The van der Waals surface area contributed by atoms with E-state index in [0.717, 1.165) is 34.4 Å². The Hall–Kier alpha value is -1.71. The minimum absolute atomic E-state index is 0.591. The molecule has 1 N–H and O–H groups in total. The molecule has 0 aliphatic rings. The summed E-state index contributed by atoms with van der Waals surface area (Å²) in [7, 11) is -1.27. The largest absolute Gasteiger partial charge is 0.388 e. The SMILES string of the molecule is CCCC[C@@H](O)/C(=C\[S@@](=O)c1ccc(C)cc1)c1ccccc1. The van der Waals surface area contributed by atoms with Crippen molar-refractivity contribution in [1.29, 1.82) is 0 Å². The van der Waals surface area contributed by atoms with Gasteiger partial charge in [0.05, 0.1) is 16.9 Å². The fraction of sp³-hybridized carbons (Fsp3) is 0.300. The topological polar surface area (TPSA) is 37.3 Å². The molecule has 0 saturated carbocycles. The van der Waals surface area contributed by atoms with Crippen LogP contribution in [0.1, 0.15) is 37.3 Å². The van der Waals surface area contributed by atoms with Gasteiger partial charge in [-0.15, -0.1) is 0 Å². The Balaban J connectivity index is 2.32. The van der Waals surface area contributed by atoms with Gasteiger partial charge in [0.25, 0.3) is 0 Å². The molecule has 0 spiro atoms. The van der Waals surface area contributed by atoms with Gasteiger partial charge in [0.1, 0.15) is 0 Å². The van der Waals surface area contributed by atoms with Gasteiger partial charge in [0.15, 0.2) is 0 Å². The van der Waals surface area contributed by atoms with E-state index in [1.165, 1.54) is 0 Å². The van der Waals surface area contributed by atoms with Crippen molar-refractivity contribution in [2.75, 3.05) is 0 Å². The summed E-state index contributed by atoms with van der Waals surface area (Å²) in [5.74, 6) is 0. The van der Waals surface area contributed by atoms with Crippen molar-refractivity contribution < 1.29 is 9.32 Å². The zero-order valence-corrected chi connectivity index (χ0v) is 14.6. The smallest absolute Gasteiger partial charge is 0.0801 e. The van der Waals surface area contributed by atoms with Crippen molar-refractivity contribution in [2.24, 2.45) is 0 Å². The number of hydrogen-bond donors (Lipinski definition) is 1. The van der Waals surface area contributed by atoms with E-state index in [2.05, 4.69) is 6.92 Å². The molecule has 2 atom stereocenters. The van der Waals surface area contributed by atoms with Gasteiger partial charge in [0, 0.05) is 10.3 Å². The summed E-state index contributed by atoms with van der Waals surface area (Å²) in [6.45, 7) is 4.11. The molecule has 2 aromatic rings. The van der Waals surface area contributed by atoms with Crippen LogP contribution >= 0.6 is 0 Å². The summed E-state index contributed by atoms with van der Waals surface area (Å²) in [5.41, 5.74) is 2.82. The Morgan fingerprint density at radius 1 is 1.13 bits per heavy atom. The molecule has 0 fully saturated rings. The standard InChI is InChI=1S/C20H24O2S/c1-3-4-10-20(21)19(17-8-6-5-7-9-17)15-23(22)18-13-11-16(2)12-14-18/h5-9,11-15,20-21H,3-4,10H2,1-2H3/b19-15-/t20-,23-/m1/s1. The lowest BCUT2D eigenvalue weighted by molar-refractivity contribution is 0.218. The quantitative estimate of drug-likeness (QED) is 0.800. The molecule has 2 rings (SSSR count). The van der Waals surface area contributed by atoms with Crippen molar-refractivity contribution in [2.45, 2.75) is 44.1 Å².